The lowest BCUT2D eigenvalue weighted by Crippen LogP contribution is -2.09. The van der Waals surface area contributed by atoms with Gasteiger partial charge in [0.15, 0.2) is 0 Å². The fraction of sp³-hybridized carbons (Fsp3) is 0. The van der Waals surface area contributed by atoms with Gasteiger partial charge >= 0.3 is 0 Å². The van der Waals surface area contributed by atoms with Crippen molar-refractivity contribution in [3.8, 4) is 0 Å². The number of halogens is 1. The van der Waals surface area contributed by atoms with Gasteiger partial charge in [0.2, 0.25) is 5.91 Å². The Balaban J connectivity index is 1.75. The maximum atomic E-state index is 13.6. The predicted octanol–water partition coefficient (Wildman–Crippen LogP) is 4.00. The zero-order chi connectivity index (χ0) is 17.1. The lowest BCUT2D eigenvalue weighted by Gasteiger charge is -2.03. The Morgan fingerprint density at radius 1 is 1.29 bits per heavy atom. The number of hydrogen-bond donors (Lipinski definition) is 1. The smallest absolute Gasteiger partial charge is 0.271 e. The minimum atomic E-state index is -0.748. The van der Waals surface area contributed by atoms with E-state index in [1.165, 1.54) is 23.5 Å². The fourth-order valence-corrected chi connectivity index (χ4v) is 2.88. The highest BCUT2D eigenvalue weighted by atomic mass is 32.1. The molecule has 120 valence electrons. The van der Waals surface area contributed by atoms with E-state index in [0.717, 1.165) is 28.4 Å². The lowest BCUT2D eigenvalue weighted by atomic mass is 10.2. The summed E-state index contributed by atoms with van der Waals surface area (Å²) in [5.74, 6) is -1.35. The highest BCUT2D eigenvalue weighted by Gasteiger charge is 2.12. The number of anilines is 1. The Labute approximate surface area is 139 Å². The largest absolute Gasteiger partial charge is 0.320 e. The van der Waals surface area contributed by atoms with Crippen LogP contribution in [0.5, 0.6) is 0 Å². The molecular weight excluding hydrogens is 333 g/mol. The number of fused-ring (bicyclic) bond motifs is 1. The molecule has 1 N–H and O–H groups in total. The maximum Gasteiger partial charge on any atom is 0.271 e. The minimum Gasteiger partial charge on any atom is -0.320 e. The number of rotatable bonds is 4. The summed E-state index contributed by atoms with van der Waals surface area (Å²) in [4.78, 5) is 26.2. The average molecular weight is 343 g/mol. The SMILES string of the molecule is O=C(/C=C/c1nc2ccccc2s1)Nc1cc([N+](=O)[O-])ccc1F. The summed E-state index contributed by atoms with van der Waals surface area (Å²) in [7, 11) is 0. The first-order valence-electron chi connectivity index (χ1n) is 6.81. The van der Waals surface area contributed by atoms with E-state index in [9.17, 15) is 19.3 Å². The molecular formula is C16H10FN3O3S. The predicted molar refractivity (Wildman–Crippen MR) is 90.3 cm³/mol. The van der Waals surface area contributed by atoms with Crippen LogP contribution in [-0.4, -0.2) is 15.8 Å². The van der Waals surface area contributed by atoms with Crippen molar-refractivity contribution < 1.29 is 14.1 Å². The first-order chi connectivity index (χ1) is 11.5. The molecule has 3 aromatic rings. The van der Waals surface area contributed by atoms with Crippen molar-refractivity contribution in [1.82, 2.24) is 4.98 Å². The molecule has 2 aromatic carbocycles. The second kappa shape index (κ2) is 6.55. The fourth-order valence-electron chi connectivity index (χ4n) is 2.01. The molecule has 1 amide bonds. The quantitative estimate of drug-likeness (QED) is 0.441. The zero-order valence-corrected chi connectivity index (χ0v) is 12.9. The number of thiazole rings is 1. The zero-order valence-electron chi connectivity index (χ0n) is 12.1. The van der Waals surface area contributed by atoms with Gasteiger partial charge in [-0.2, -0.15) is 0 Å². The molecule has 0 spiro atoms. The maximum absolute atomic E-state index is 13.6. The number of aromatic nitrogens is 1. The third kappa shape index (κ3) is 3.44. The van der Waals surface area contributed by atoms with Gasteiger partial charge in [0, 0.05) is 18.2 Å². The van der Waals surface area contributed by atoms with Gasteiger partial charge in [0.25, 0.3) is 5.69 Å². The van der Waals surface area contributed by atoms with E-state index in [1.54, 1.807) is 0 Å². The molecule has 0 bridgehead atoms. The van der Waals surface area contributed by atoms with Crippen molar-refractivity contribution in [3.05, 3.63) is 69.5 Å². The van der Waals surface area contributed by atoms with Crippen LogP contribution in [-0.2, 0) is 4.79 Å². The number of nitrogens with one attached hydrogen (secondary N) is 1. The number of nitro groups is 1. The standard InChI is InChI=1S/C16H10FN3O3S/c17-11-6-5-10(20(22)23)9-13(11)18-15(21)7-8-16-19-12-3-1-2-4-14(12)24-16/h1-9H,(H,18,21)/b8-7+. The number of para-hydroxylation sites is 1. The first-order valence-corrected chi connectivity index (χ1v) is 7.63. The number of carbonyl (C=O) groups excluding carboxylic acids is 1. The number of carbonyl (C=O) groups is 1. The molecule has 0 saturated heterocycles. The number of non-ortho nitro benzene ring substituents is 1. The van der Waals surface area contributed by atoms with Crippen molar-refractivity contribution in [2.45, 2.75) is 0 Å². The van der Waals surface area contributed by atoms with Crippen LogP contribution >= 0.6 is 11.3 Å². The van der Waals surface area contributed by atoms with E-state index in [2.05, 4.69) is 10.3 Å². The normalized spacial score (nSPS) is 11.0. The minimum absolute atomic E-state index is 0.247. The summed E-state index contributed by atoms with van der Waals surface area (Å²) in [6.07, 6.45) is 2.71. The summed E-state index contributed by atoms with van der Waals surface area (Å²) >= 11 is 1.41. The molecule has 8 heteroatoms. The molecule has 24 heavy (non-hydrogen) atoms. The first kappa shape index (κ1) is 15.8. The highest BCUT2D eigenvalue weighted by Crippen LogP contribution is 2.23. The van der Waals surface area contributed by atoms with Gasteiger partial charge in [-0.25, -0.2) is 9.37 Å². The molecule has 0 aliphatic rings. The van der Waals surface area contributed by atoms with Gasteiger partial charge in [0.05, 0.1) is 20.8 Å². The molecule has 3 rings (SSSR count). The van der Waals surface area contributed by atoms with E-state index in [4.69, 9.17) is 0 Å². The number of benzene rings is 2. The Bertz CT molecular complexity index is 935. The van der Waals surface area contributed by atoms with Crippen molar-refractivity contribution in [2.75, 3.05) is 5.32 Å². The third-order valence-corrected chi connectivity index (χ3v) is 4.11. The van der Waals surface area contributed by atoms with Crippen molar-refractivity contribution in [2.24, 2.45) is 0 Å². The summed E-state index contributed by atoms with van der Waals surface area (Å²) in [6.45, 7) is 0. The van der Waals surface area contributed by atoms with Gasteiger partial charge in [-0.3, -0.25) is 14.9 Å². The molecule has 0 fully saturated rings. The molecule has 1 heterocycles. The molecule has 0 saturated carbocycles. The average Bonchev–Trinajstić information content (AvgIpc) is 2.97. The Kier molecular flexibility index (Phi) is 4.30. The molecule has 0 aliphatic carbocycles. The highest BCUT2D eigenvalue weighted by molar-refractivity contribution is 7.19. The molecule has 1 aromatic heterocycles. The summed E-state index contributed by atoms with van der Waals surface area (Å²) < 4.78 is 14.6. The van der Waals surface area contributed by atoms with Gasteiger partial charge in [0.1, 0.15) is 10.8 Å². The second-order valence-electron chi connectivity index (χ2n) is 4.76. The van der Waals surface area contributed by atoms with E-state index < -0.39 is 16.6 Å². The Morgan fingerprint density at radius 3 is 2.83 bits per heavy atom. The summed E-state index contributed by atoms with van der Waals surface area (Å²) in [6, 6.07) is 10.5. The molecule has 0 atom stereocenters. The van der Waals surface area contributed by atoms with Gasteiger partial charge in [-0.05, 0) is 24.3 Å². The van der Waals surface area contributed by atoms with Gasteiger partial charge in [-0.15, -0.1) is 11.3 Å². The Morgan fingerprint density at radius 2 is 2.08 bits per heavy atom. The second-order valence-corrected chi connectivity index (χ2v) is 5.83. The topological polar surface area (TPSA) is 85.1 Å². The van der Waals surface area contributed by atoms with Crippen LogP contribution in [0, 0.1) is 15.9 Å². The number of amides is 1. The summed E-state index contributed by atoms with van der Waals surface area (Å²) in [5.41, 5.74) is 0.275. The van der Waals surface area contributed by atoms with Crippen molar-refractivity contribution in [1.29, 1.82) is 0 Å². The van der Waals surface area contributed by atoms with Crippen LogP contribution in [0.4, 0.5) is 15.8 Å². The van der Waals surface area contributed by atoms with Crippen LogP contribution in [0.15, 0.2) is 48.5 Å². The number of nitrogens with zero attached hydrogens (tertiary/aromatic N) is 2. The van der Waals surface area contributed by atoms with Crippen LogP contribution in [0.2, 0.25) is 0 Å². The Hall–Kier alpha value is -3.13. The number of nitro benzene ring substituents is 1. The van der Waals surface area contributed by atoms with E-state index in [0.29, 0.717) is 5.01 Å². The molecule has 6 nitrogen and oxygen atoms in total. The third-order valence-electron chi connectivity index (χ3n) is 3.11. The monoisotopic (exact) mass is 343 g/mol. The molecule has 0 unspecified atom stereocenters. The van der Waals surface area contributed by atoms with E-state index >= 15 is 0 Å². The van der Waals surface area contributed by atoms with Gasteiger partial charge < -0.3 is 5.32 Å². The van der Waals surface area contributed by atoms with Crippen molar-refractivity contribution >= 4 is 44.9 Å². The van der Waals surface area contributed by atoms with Gasteiger partial charge in [-0.1, -0.05) is 12.1 Å². The van der Waals surface area contributed by atoms with Crippen LogP contribution < -0.4 is 5.32 Å². The lowest BCUT2D eigenvalue weighted by molar-refractivity contribution is -0.384. The van der Waals surface area contributed by atoms with E-state index in [1.807, 2.05) is 24.3 Å². The van der Waals surface area contributed by atoms with Crippen molar-refractivity contribution in [3.63, 3.8) is 0 Å². The van der Waals surface area contributed by atoms with E-state index in [-0.39, 0.29) is 11.4 Å². The summed E-state index contributed by atoms with van der Waals surface area (Å²) in [5, 5.41) is 13.6. The van der Waals surface area contributed by atoms with Crippen LogP contribution in [0.3, 0.4) is 0 Å². The molecule has 0 radical (unpaired) electrons. The number of hydrogen-bond acceptors (Lipinski definition) is 5. The van der Waals surface area contributed by atoms with Crippen LogP contribution in [0.25, 0.3) is 16.3 Å². The molecule has 0 aliphatic heterocycles. The van der Waals surface area contributed by atoms with Crippen LogP contribution in [0.1, 0.15) is 5.01 Å².